The van der Waals surface area contributed by atoms with E-state index in [4.69, 9.17) is 0 Å². The average molecular weight is 408 g/mol. The largest absolute Gasteiger partial charge is 0.351 e. The van der Waals surface area contributed by atoms with Crippen LogP contribution in [0.2, 0.25) is 0 Å². The lowest BCUT2D eigenvalue weighted by atomic mass is 10.0. The molecule has 7 heteroatoms. The third-order valence-corrected chi connectivity index (χ3v) is 7.82. The third-order valence-electron chi connectivity index (χ3n) is 5.74. The highest BCUT2D eigenvalue weighted by atomic mass is 32.2. The van der Waals surface area contributed by atoms with E-state index >= 15 is 0 Å². The highest BCUT2D eigenvalue weighted by Gasteiger charge is 2.37. The van der Waals surface area contributed by atoms with Gasteiger partial charge >= 0.3 is 0 Å². The number of hydrogen-bond acceptors (Lipinski definition) is 4. The summed E-state index contributed by atoms with van der Waals surface area (Å²) >= 11 is 0. The van der Waals surface area contributed by atoms with Gasteiger partial charge in [0.05, 0.1) is 5.75 Å². The fraction of sp³-hybridized carbons (Fsp3) is 0.667. The van der Waals surface area contributed by atoms with Crippen molar-refractivity contribution in [1.82, 2.24) is 14.5 Å². The summed E-state index contributed by atoms with van der Waals surface area (Å²) in [6.07, 6.45) is 5.73. The summed E-state index contributed by atoms with van der Waals surface area (Å²) in [6, 6.07) is 7.66. The normalized spacial score (nSPS) is 21.7. The van der Waals surface area contributed by atoms with Gasteiger partial charge in [-0.05, 0) is 56.3 Å². The van der Waals surface area contributed by atoms with Crippen LogP contribution in [0.15, 0.2) is 24.3 Å². The Morgan fingerprint density at radius 1 is 1.07 bits per heavy atom. The van der Waals surface area contributed by atoms with Crippen LogP contribution in [0, 0.1) is 0 Å². The quantitative estimate of drug-likeness (QED) is 0.719. The second-order valence-corrected chi connectivity index (χ2v) is 9.95. The number of nitrogens with zero attached hydrogens (tertiary/aromatic N) is 2. The molecule has 1 N–H and O–H groups in total. The van der Waals surface area contributed by atoms with Crippen LogP contribution >= 0.6 is 0 Å². The molecule has 2 heterocycles. The SMILES string of the molecule is CCCS(=O)(=O)N1CCCC1C(=O)NCc1ccccc1CN1CCCCC1. The third kappa shape index (κ3) is 5.33. The van der Waals surface area contributed by atoms with Gasteiger partial charge in [0.1, 0.15) is 6.04 Å². The molecule has 0 bridgehead atoms. The van der Waals surface area contributed by atoms with Crippen molar-refractivity contribution in [3.05, 3.63) is 35.4 Å². The molecule has 156 valence electrons. The first-order chi connectivity index (χ1) is 13.5. The van der Waals surface area contributed by atoms with Gasteiger partial charge in [0.2, 0.25) is 15.9 Å². The lowest BCUT2D eigenvalue weighted by Gasteiger charge is -2.27. The van der Waals surface area contributed by atoms with Gasteiger partial charge in [-0.15, -0.1) is 0 Å². The molecular formula is C21H33N3O3S. The molecule has 2 aliphatic rings. The van der Waals surface area contributed by atoms with E-state index in [-0.39, 0.29) is 11.7 Å². The number of amides is 1. The Morgan fingerprint density at radius 3 is 2.50 bits per heavy atom. The molecule has 28 heavy (non-hydrogen) atoms. The number of carbonyl (C=O) groups is 1. The summed E-state index contributed by atoms with van der Waals surface area (Å²) in [5.74, 6) is -0.0694. The zero-order valence-electron chi connectivity index (χ0n) is 16.9. The zero-order valence-corrected chi connectivity index (χ0v) is 17.7. The smallest absolute Gasteiger partial charge is 0.238 e. The van der Waals surface area contributed by atoms with Crippen molar-refractivity contribution in [3.8, 4) is 0 Å². The number of piperidine rings is 1. The van der Waals surface area contributed by atoms with E-state index < -0.39 is 16.1 Å². The van der Waals surface area contributed by atoms with Crippen LogP contribution in [-0.2, 0) is 27.9 Å². The van der Waals surface area contributed by atoms with Gasteiger partial charge in [-0.2, -0.15) is 4.31 Å². The van der Waals surface area contributed by atoms with E-state index in [1.807, 2.05) is 19.1 Å². The molecule has 1 aromatic carbocycles. The summed E-state index contributed by atoms with van der Waals surface area (Å²) < 4.78 is 26.3. The Hall–Kier alpha value is -1.44. The van der Waals surface area contributed by atoms with E-state index in [2.05, 4.69) is 22.3 Å². The number of nitrogens with one attached hydrogen (secondary N) is 1. The summed E-state index contributed by atoms with van der Waals surface area (Å²) in [5, 5.41) is 3.00. The fourth-order valence-corrected chi connectivity index (χ4v) is 6.00. The topological polar surface area (TPSA) is 69.7 Å². The predicted molar refractivity (Wildman–Crippen MR) is 111 cm³/mol. The molecular weight excluding hydrogens is 374 g/mol. The minimum Gasteiger partial charge on any atom is -0.351 e. The number of likely N-dealkylation sites (tertiary alicyclic amines) is 1. The second kappa shape index (κ2) is 9.85. The van der Waals surface area contributed by atoms with Crippen molar-refractivity contribution in [2.75, 3.05) is 25.4 Å². The molecule has 3 rings (SSSR count). The molecule has 0 spiro atoms. The Morgan fingerprint density at radius 2 is 1.79 bits per heavy atom. The van der Waals surface area contributed by atoms with E-state index in [0.29, 0.717) is 25.9 Å². The van der Waals surface area contributed by atoms with Crippen LogP contribution in [0.25, 0.3) is 0 Å². The number of hydrogen-bond donors (Lipinski definition) is 1. The van der Waals surface area contributed by atoms with E-state index in [9.17, 15) is 13.2 Å². The van der Waals surface area contributed by atoms with Crippen LogP contribution in [0.4, 0.5) is 0 Å². The van der Waals surface area contributed by atoms with Gasteiger partial charge in [-0.3, -0.25) is 9.69 Å². The van der Waals surface area contributed by atoms with Gasteiger partial charge in [0, 0.05) is 19.6 Å². The molecule has 1 amide bonds. The highest BCUT2D eigenvalue weighted by molar-refractivity contribution is 7.89. The van der Waals surface area contributed by atoms with Crippen molar-refractivity contribution in [1.29, 1.82) is 0 Å². The van der Waals surface area contributed by atoms with E-state index in [1.54, 1.807) is 0 Å². The second-order valence-electron chi connectivity index (χ2n) is 7.91. The van der Waals surface area contributed by atoms with Gasteiger partial charge in [-0.25, -0.2) is 8.42 Å². The minimum atomic E-state index is -3.35. The maximum Gasteiger partial charge on any atom is 0.238 e. The molecule has 2 saturated heterocycles. The van der Waals surface area contributed by atoms with E-state index in [1.165, 1.54) is 29.1 Å². The van der Waals surface area contributed by atoms with Crippen LogP contribution in [-0.4, -0.2) is 55.0 Å². The molecule has 1 aromatic rings. The molecule has 1 unspecified atom stereocenters. The highest BCUT2D eigenvalue weighted by Crippen LogP contribution is 2.22. The lowest BCUT2D eigenvalue weighted by Crippen LogP contribution is -2.46. The first-order valence-corrected chi connectivity index (χ1v) is 12.2. The first kappa shape index (κ1) is 21.3. The van der Waals surface area contributed by atoms with Gasteiger partial charge in [0.15, 0.2) is 0 Å². The fourth-order valence-electron chi connectivity index (χ4n) is 4.25. The summed E-state index contributed by atoms with van der Waals surface area (Å²) in [7, 11) is -3.35. The molecule has 0 aromatic heterocycles. The standard InChI is InChI=1S/C21H33N3O3S/c1-2-15-28(26,27)24-14-8-11-20(24)21(25)22-16-18-9-4-5-10-19(18)17-23-12-6-3-7-13-23/h4-5,9-10,20H,2-3,6-8,11-17H2,1H3,(H,22,25). The maximum atomic E-state index is 12.8. The van der Waals surface area contributed by atoms with Crippen molar-refractivity contribution in [2.24, 2.45) is 0 Å². The van der Waals surface area contributed by atoms with Crippen molar-refractivity contribution >= 4 is 15.9 Å². The van der Waals surface area contributed by atoms with Crippen molar-refractivity contribution in [3.63, 3.8) is 0 Å². The molecule has 0 radical (unpaired) electrons. The van der Waals surface area contributed by atoms with Crippen molar-refractivity contribution < 1.29 is 13.2 Å². The Bertz CT molecular complexity index is 760. The first-order valence-electron chi connectivity index (χ1n) is 10.6. The predicted octanol–water partition coefficient (Wildman–Crippen LogP) is 2.49. The van der Waals surface area contributed by atoms with Crippen LogP contribution < -0.4 is 5.32 Å². The maximum absolute atomic E-state index is 12.8. The van der Waals surface area contributed by atoms with Gasteiger partial charge in [0.25, 0.3) is 0 Å². The van der Waals surface area contributed by atoms with Crippen molar-refractivity contribution in [2.45, 2.75) is 64.6 Å². The zero-order chi connectivity index (χ0) is 20.0. The Kier molecular flexibility index (Phi) is 7.48. The number of rotatable bonds is 8. The van der Waals surface area contributed by atoms with Gasteiger partial charge < -0.3 is 5.32 Å². The number of benzene rings is 1. The van der Waals surface area contributed by atoms with Crippen LogP contribution in [0.3, 0.4) is 0 Å². The summed E-state index contributed by atoms with van der Waals surface area (Å²) in [4.78, 5) is 15.2. The molecule has 6 nitrogen and oxygen atoms in total. The Balaban J connectivity index is 1.61. The molecule has 1 atom stereocenters. The van der Waals surface area contributed by atoms with Gasteiger partial charge in [-0.1, -0.05) is 37.6 Å². The molecule has 2 fully saturated rings. The summed E-state index contributed by atoms with van der Waals surface area (Å²) in [5.41, 5.74) is 2.36. The average Bonchev–Trinajstić information content (AvgIpc) is 3.19. The molecule has 0 aliphatic carbocycles. The Labute approximate surface area is 169 Å². The lowest BCUT2D eigenvalue weighted by molar-refractivity contribution is -0.124. The van der Waals surface area contributed by atoms with E-state index in [0.717, 1.165) is 31.6 Å². The van der Waals surface area contributed by atoms with Crippen LogP contribution in [0.1, 0.15) is 56.6 Å². The molecule has 0 saturated carbocycles. The number of carbonyl (C=O) groups excluding carboxylic acids is 1. The minimum absolute atomic E-state index is 0.107. The molecule has 2 aliphatic heterocycles. The van der Waals surface area contributed by atoms with Crippen LogP contribution in [0.5, 0.6) is 0 Å². The monoisotopic (exact) mass is 407 g/mol. The number of sulfonamides is 1. The summed E-state index contributed by atoms with van der Waals surface area (Å²) in [6.45, 7) is 5.92.